The number of hydrogen-bond acceptors (Lipinski definition) is 3. The number of aliphatic hydroxyl groups is 2. The Kier molecular flexibility index (Phi) is 3.16. The van der Waals surface area contributed by atoms with E-state index in [1.54, 1.807) is 6.08 Å². The topological polar surface area (TPSA) is 57.5 Å². The zero-order valence-electron chi connectivity index (χ0n) is 13.8. The highest BCUT2D eigenvalue weighted by Gasteiger charge is 2.64. The van der Waals surface area contributed by atoms with Gasteiger partial charge in [-0.05, 0) is 74.3 Å². The molecule has 0 radical (unpaired) electrons. The second-order valence-electron chi connectivity index (χ2n) is 8.48. The molecule has 124 valence electrons. The van der Waals surface area contributed by atoms with E-state index in [1.807, 2.05) is 0 Å². The van der Waals surface area contributed by atoms with Crippen LogP contribution >= 0.6 is 0 Å². The van der Waals surface area contributed by atoms with Crippen LogP contribution < -0.4 is 0 Å². The highest BCUT2D eigenvalue weighted by molar-refractivity contribution is 5.92. The average Bonchev–Trinajstić information content (AvgIpc) is 2.80. The summed E-state index contributed by atoms with van der Waals surface area (Å²) in [5, 5.41) is 22.3. The fraction of sp³-hybridized carbons (Fsp3) is 0.750. The number of terminal acetylenes is 1. The molecule has 0 saturated heterocycles. The van der Waals surface area contributed by atoms with Gasteiger partial charge in [0.1, 0.15) is 5.60 Å². The minimum Gasteiger partial charge on any atom is -0.385 e. The Balaban J connectivity index is 1.70. The first-order valence-corrected chi connectivity index (χ1v) is 9.00. The number of hydrogen-bond donors (Lipinski definition) is 2. The highest BCUT2D eigenvalue weighted by Crippen LogP contribution is 2.65. The predicted molar refractivity (Wildman–Crippen MR) is 87.3 cm³/mol. The maximum atomic E-state index is 11.7. The normalized spacial score (nSPS) is 52.0. The second-order valence-corrected chi connectivity index (χ2v) is 8.48. The van der Waals surface area contributed by atoms with Crippen molar-refractivity contribution in [1.29, 1.82) is 0 Å². The molecule has 0 spiro atoms. The van der Waals surface area contributed by atoms with Crippen LogP contribution in [0.15, 0.2) is 11.6 Å². The van der Waals surface area contributed by atoms with E-state index in [-0.39, 0.29) is 17.1 Å². The van der Waals surface area contributed by atoms with E-state index in [0.717, 1.165) is 37.7 Å². The van der Waals surface area contributed by atoms with Gasteiger partial charge in [0, 0.05) is 11.8 Å². The molecule has 4 rings (SSSR count). The lowest BCUT2D eigenvalue weighted by Gasteiger charge is -2.57. The summed E-state index contributed by atoms with van der Waals surface area (Å²) in [6.45, 7) is 2.15. The lowest BCUT2D eigenvalue weighted by Crippen LogP contribution is -2.57. The Morgan fingerprint density at radius 1 is 1.13 bits per heavy atom. The van der Waals surface area contributed by atoms with Crippen molar-refractivity contribution in [1.82, 2.24) is 0 Å². The first-order chi connectivity index (χ1) is 10.8. The summed E-state index contributed by atoms with van der Waals surface area (Å²) in [6, 6.07) is 0. The van der Waals surface area contributed by atoms with Crippen LogP contribution in [-0.4, -0.2) is 27.2 Å². The Bertz CT molecular complexity index is 629. The summed E-state index contributed by atoms with van der Waals surface area (Å²) in [7, 11) is 0. The van der Waals surface area contributed by atoms with E-state index >= 15 is 0 Å². The summed E-state index contributed by atoms with van der Waals surface area (Å²) in [5.41, 5.74) is -1.06. The SMILES string of the molecule is C#C[C@]1(O)CC[C@@H]2[C@@H]3CCC4=CC(=O)CC[C@]4(O)[C@H]3CC[C@]21C. The van der Waals surface area contributed by atoms with E-state index < -0.39 is 11.2 Å². The molecule has 23 heavy (non-hydrogen) atoms. The molecule has 0 aromatic carbocycles. The molecule has 0 amide bonds. The third-order valence-corrected chi connectivity index (χ3v) is 7.83. The summed E-state index contributed by atoms with van der Waals surface area (Å²) < 4.78 is 0. The number of carbonyl (C=O) groups is 1. The van der Waals surface area contributed by atoms with E-state index in [0.29, 0.717) is 31.1 Å². The van der Waals surface area contributed by atoms with Crippen LogP contribution in [0.4, 0.5) is 0 Å². The predicted octanol–water partition coefficient (Wildman–Crippen LogP) is 2.61. The number of fused-ring (bicyclic) bond motifs is 5. The zero-order chi connectivity index (χ0) is 16.5. The molecule has 0 heterocycles. The quantitative estimate of drug-likeness (QED) is 0.676. The van der Waals surface area contributed by atoms with Crippen molar-refractivity contribution in [2.24, 2.45) is 23.2 Å². The molecule has 0 bridgehead atoms. The number of rotatable bonds is 0. The van der Waals surface area contributed by atoms with Crippen LogP contribution in [0.3, 0.4) is 0 Å². The standard InChI is InChI=1S/C20H26O3/c1-3-19(22)10-8-16-15-5-4-13-12-14(21)6-11-20(13,23)17(15)7-9-18(16,19)2/h1,12,15-17,22-23H,4-11H2,2H3/t15-,16+,17-,18+,19-,20+/m0/s1. The van der Waals surface area contributed by atoms with Crippen molar-refractivity contribution in [2.75, 3.05) is 0 Å². The molecule has 0 aromatic heterocycles. The van der Waals surface area contributed by atoms with Crippen molar-refractivity contribution in [3.63, 3.8) is 0 Å². The van der Waals surface area contributed by atoms with E-state index in [4.69, 9.17) is 6.42 Å². The third kappa shape index (κ3) is 1.83. The first-order valence-electron chi connectivity index (χ1n) is 9.00. The van der Waals surface area contributed by atoms with Gasteiger partial charge in [-0.1, -0.05) is 12.8 Å². The molecule has 0 aliphatic heterocycles. The maximum absolute atomic E-state index is 11.7. The van der Waals surface area contributed by atoms with Gasteiger partial charge in [-0.2, -0.15) is 0 Å². The van der Waals surface area contributed by atoms with Crippen LogP contribution in [0.5, 0.6) is 0 Å². The summed E-state index contributed by atoms with van der Waals surface area (Å²) in [5.74, 6) is 3.85. The van der Waals surface area contributed by atoms with E-state index in [9.17, 15) is 15.0 Å². The smallest absolute Gasteiger partial charge is 0.155 e. The van der Waals surface area contributed by atoms with Crippen molar-refractivity contribution < 1.29 is 15.0 Å². The van der Waals surface area contributed by atoms with Crippen molar-refractivity contribution in [3.8, 4) is 12.3 Å². The highest BCUT2D eigenvalue weighted by atomic mass is 16.3. The molecule has 2 N–H and O–H groups in total. The monoisotopic (exact) mass is 314 g/mol. The molecule has 0 aromatic rings. The van der Waals surface area contributed by atoms with E-state index in [1.165, 1.54) is 0 Å². The molecule has 3 heteroatoms. The Morgan fingerprint density at radius 2 is 1.87 bits per heavy atom. The van der Waals surface area contributed by atoms with Crippen LogP contribution in [0, 0.1) is 35.5 Å². The molecule has 4 aliphatic carbocycles. The maximum Gasteiger partial charge on any atom is 0.155 e. The molecule has 0 unspecified atom stereocenters. The second kappa shape index (κ2) is 4.71. The molecular formula is C20H26O3. The van der Waals surface area contributed by atoms with Gasteiger partial charge in [-0.15, -0.1) is 6.42 Å². The average molecular weight is 314 g/mol. The minimum atomic E-state index is -0.996. The van der Waals surface area contributed by atoms with Gasteiger partial charge in [0.15, 0.2) is 5.78 Å². The van der Waals surface area contributed by atoms with Crippen LogP contribution in [-0.2, 0) is 4.79 Å². The molecule has 3 saturated carbocycles. The summed E-state index contributed by atoms with van der Waals surface area (Å²) in [4.78, 5) is 11.7. The van der Waals surface area contributed by atoms with Gasteiger partial charge in [0.05, 0.1) is 5.60 Å². The molecule has 6 atom stereocenters. The van der Waals surface area contributed by atoms with E-state index in [2.05, 4.69) is 12.8 Å². The Hall–Kier alpha value is -1.11. The lowest BCUT2D eigenvalue weighted by molar-refractivity contribution is -0.136. The number of carbonyl (C=O) groups excluding carboxylic acids is 1. The van der Waals surface area contributed by atoms with Gasteiger partial charge >= 0.3 is 0 Å². The van der Waals surface area contributed by atoms with Crippen LogP contribution in [0.1, 0.15) is 58.3 Å². The van der Waals surface area contributed by atoms with Crippen molar-refractivity contribution >= 4 is 5.78 Å². The molecular weight excluding hydrogens is 288 g/mol. The Labute approximate surface area is 138 Å². The lowest BCUT2D eigenvalue weighted by atomic mass is 9.49. The largest absolute Gasteiger partial charge is 0.385 e. The van der Waals surface area contributed by atoms with Crippen molar-refractivity contribution in [3.05, 3.63) is 11.6 Å². The fourth-order valence-electron chi connectivity index (χ4n) is 6.44. The van der Waals surface area contributed by atoms with Gasteiger partial charge in [-0.25, -0.2) is 0 Å². The zero-order valence-corrected chi connectivity index (χ0v) is 13.8. The van der Waals surface area contributed by atoms with Gasteiger partial charge in [0.25, 0.3) is 0 Å². The molecule has 4 aliphatic rings. The summed E-state index contributed by atoms with van der Waals surface area (Å²) in [6.07, 6.45) is 13.6. The number of ketones is 1. The third-order valence-electron chi connectivity index (χ3n) is 7.83. The molecule has 3 fully saturated rings. The van der Waals surface area contributed by atoms with Gasteiger partial charge in [-0.3, -0.25) is 4.79 Å². The van der Waals surface area contributed by atoms with Gasteiger partial charge in [0.2, 0.25) is 0 Å². The Morgan fingerprint density at radius 3 is 2.61 bits per heavy atom. The van der Waals surface area contributed by atoms with Crippen molar-refractivity contribution in [2.45, 2.75) is 69.5 Å². The van der Waals surface area contributed by atoms with Crippen LogP contribution in [0.2, 0.25) is 0 Å². The van der Waals surface area contributed by atoms with Crippen LogP contribution in [0.25, 0.3) is 0 Å². The first kappa shape index (κ1) is 15.4. The molecule has 3 nitrogen and oxygen atoms in total. The minimum absolute atomic E-state index is 0.159. The van der Waals surface area contributed by atoms with Gasteiger partial charge < -0.3 is 10.2 Å². The summed E-state index contributed by atoms with van der Waals surface area (Å²) >= 11 is 0. The fourth-order valence-corrected chi connectivity index (χ4v) is 6.44.